The summed E-state index contributed by atoms with van der Waals surface area (Å²) < 4.78 is 5.74. The van der Waals surface area contributed by atoms with Crippen LogP contribution in [0.4, 0.5) is 5.69 Å². The highest BCUT2D eigenvalue weighted by atomic mass is 16.5. The van der Waals surface area contributed by atoms with Gasteiger partial charge in [0.1, 0.15) is 12.4 Å². The molecule has 0 aliphatic heterocycles. The SMILES string of the molecule is Cc1c(C#N)ccc(NC2CC[C@H](OC(=O)c3ccccc3)C2CC=O)c1C. The first kappa shape index (κ1) is 19.6. The van der Waals surface area contributed by atoms with Gasteiger partial charge in [-0.1, -0.05) is 18.2 Å². The highest BCUT2D eigenvalue weighted by molar-refractivity contribution is 5.89. The largest absolute Gasteiger partial charge is 0.458 e. The van der Waals surface area contributed by atoms with E-state index in [0.717, 1.165) is 29.5 Å². The molecule has 1 N–H and O–H groups in total. The van der Waals surface area contributed by atoms with E-state index in [4.69, 9.17) is 4.74 Å². The third kappa shape index (κ3) is 4.07. The number of benzene rings is 2. The first-order valence-electron chi connectivity index (χ1n) is 9.51. The number of nitrogens with one attached hydrogen (secondary N) is 1. The molecule has 0 aromatic heterocycles. The highest BCUT2D eigenvalue weighted by Gasteiger charge is 2.38. The lowest BCUT2D eigenvalue weighted by atomic mass is 9.96. The van der Waals surface area contributed by atoms with E-state index >= 15 is 0 Å². The number of nitrogens with zero attached hydrogens (tertiary/aromatic N) is 1. The molecule has 0 saturated heterocycles. The van der Waals surface area contributed by atoms with E-state index in [0.29, 0.717) is 24.0 Å². The maximum Gasteiger partial charge on any atom is 0.338 e. The van der Waals surface area contributed by atoms with Gasteiger partial charge in [-0.25, -0.2) is 4.79 Å². The third-order valence-electron chi connectivity index (χ3n) is 5.64. The summed E-state index contributed by atoms with van der Waals surface area (Å²) >= 11 is 0. The molecule has 1 aliphatic rings. The predicted octanol–water partition coefficient (Wildman–Crippen LogP) is 4.18. The Kier molecular flexibility index (Phi) is 6.10. The standard InChI is InChI=1S/C23H24N2O3/c1-15-16(2)20(9-8-18(15)14-24)25-21-10-11-22(19(21)12-13-26)28-23(27)17-6-4-3-5-7-17/h3-9,13,19,21-22,25H,10-12H2,1-2H3/t19?,21?,22-/m0/s1. The predicted molar refractivity (Wildman–Crippen MR) is 107 cm³/mol. The molecular weight excluding hydrogens is 352 g/mol. The maximum atomic E-state index is 12.4. The summed E-state index contributed by atoms with van der Waals surface area (Å²) in [4.78, 5) is 23.7. The number of hydrogen-bond donors (Lipinski definition) is 1. The summed E-state index contributed by atoms with van der Waals surface area (Å²) in [7, 11) is 0. The summed E-state index contributed by atoms with van der Waals surface area (Å²) in [5.41, 5.74) is 4.10. The Bertz CT molecular complexity index is 902. The monoisotopic (exact) mass is 376 g/mol. The Balaban J connectivity index is 1.74. The van der Waals surface area contributed by atoms with Crippen molar-refractivity contribution in [1.29, 1.82) is 5.26 Å². The quantitative estimate of drug-likeness (QED) is 0.604. The zero-order valence-corrected chi connectivity index (χ0v) is 16.1. The number of carbonyl (C=O) groups excluding carboxylic acids is 2. The van der Waals surface area contributed by atoms with Gasteiger partial charge in [0.2, 0.25) is 0 Å². The molecular formula is C23H24N2O3. The fraction of sp³-hybridized carbons (Fsp3) is 0.348. The van der Waals surface area contributed by atoms with Gasteiger partial charge in [0, 0.05) is 24.1 Å². The van der Waals surface area contributed by atoms with Crippen LogP contribution in [0.3, 0.4) is 0 Å². The Hall–Kier alpha value is -3.13. The molecule has 5 heteroatoms. The molecule has 3 rings (SSSR count). The van der Waals surface area contributed by atoms with Crippen molar-refractivity contribution in [3.63, 3.8) is 0 Å². The van der Waals surface area contributed by atoms with Crippen LogP contribution in [-0.2, 0) is 9.53 Å². The molecule has 2 aromatic carbocycles. The second kappa shape index (κ2) is 8.71. The van der Waals surface area contributed by atoms with Crippen molar-refractivity contribution in [3.8, 4) is 6.07 Å². The van der Waals surface area contributed by atoms with E-state index in [1.807, 2.05) is 26.0 Å². The number of ether oxygens (including phenoxy) is 1. The van der Waals surface area contributed by atoms with Gasteiger partial charge in [-0.2, -0.15) is 5.26 Å². The van der Waals surface area contributed by atoms with Gasteiger partial charge in [0.05, 0.1) is 17.2 Å². The summed E-state index contributed by atoms with van der Waals surface area (Å²) in [6.07, 6.45) is 2.45. The summed E-state index contributed by atoms with van der Waals surface area (Å²) in [5.74, 6) is -0.437. The third-order valence-corrected chi connectivity index (χ3v) is 5.64. The molecule has 0 heterocycles. The zero-order valence-electron chi connectivity index (χ0n) is 16.1. The molecule has 28 heavy (non-hydrogen) atoms. The average Bonchev–Trinajstić information content (AvgIpc) is 3.08. The van der Waals surface area contributed by atoms with E-state index in [1.165, 1.54) is 0 Å². The number of anilines is 1. The van der Waals surface area contributed by atoms with E-state index in [2.05, 4.69) is 11.4 Å². The molecule has 0 amide bonds. The van der Waals surface area contributed by atoms with Crippen molar-refractivity contribution in [1.82, 2.24) is 0 Å². The number of aldehydes is 1. The van der Waals surface area contributed by atoms with Crippen LogP contribution in [0.15, 0.2) is 42.5 Å². The first-order chi connectivity index (χ1) is 13.5. The Morgan fingerprint density at radius 1 is 1.18 bits per heavy atom. The molecule has 2 unspecified atom stereocenters. The Labute approximate surface area is 165 Å². The lowest BCUT2D eigenvalue weighted by molar-refractivity contribution is -0.109. The van der Waals surface area contributed by atoms with Crippen molar-refractivity contribution in [2.45, 2.75) is 45.3 Å². The van der Waals surface area contributed by atoms with Gasteiger partial charge in [0.15, 0.2) is 0 Å². The van der Waals surface area contributed by atoms with Crippen molar-refractivity contribution in [3.05, 3.63) is 64.7 Å². The van der Waals surface area contributed by atoms with Gasteiger partial charge in [0.25, 0.3) is 0 Å². The van der Waals surface area contributed by atoms with Gasteiger partial charge < -0.3 is 14.8 Å². The molecule has 5 nitrogen and oxygen atoms in total. The fourth-order valence-corrected chi connectivity index (χ4v) is 3.86. The second-order valence-electron chi connectivity index (χ2n) is 7.23. The highest BCUT2D eigenvalue weighted by Crippen LogP contribution is 2.35. The van der Waals surface area contributed by atoms with Crippen LogP contribution in [0, 0.1) is 31.1 Å². The number of carbonyl (C=O) groups is 2. The summed E-state index contributed by atoms with van der Waals surface area (Å²) in [5, 5.41) is 12.7. The molecule has 0 spiro atoms. The van der Waals surface area contributed by atoms with Crippen molar-refractivity contribution >= 4 is 17.9 Å². The molecule has 3 atom stereocenters. The van der Waals surface area contributed by atoms with Crippen LogP contribution < -0.4 is 5.32 Å². The zero-order chi connectivity index (χ0) is 20.1. The Morgan fingerprint density at radius 3 is 2.61 bits per heavy atom. The first-order valence-corrected chi connectivity index (χ1v) is 9.51. The summed E-state index contributed by atoms with van der Waals surface area (Å²) in [6.45, 7) is 3.91. The van der Waals surface area contributed by atoms with Crippen LogP contribution in [0.1, 0.15) is 46.3 Å². The number of nitriles is 1. The molecule has 0 radical (unpaired) electrons. The lowest BCUT2D eigenvalue weighted by Crippen LogP contribution is -2.32. The topological polar surface area (TPSA) is 79.2 Å². The van der Waals surface area contributed by atoms with Crippen molar-refractivity contribution < 1.29 is 14.3 Å². The normalized spacial score (nSPS) is 21.0. The minimum Gasteiger partial charge on any atom is -0.458 e. The van der Waals surface area contributed by atoms with Crippen LogP contribution in [-0.4, -0.2) is 24.4 Å². The van der Waals surface area contributed by atoms with E-state index in [9.17, 15) is 14.9 Å². The van der Waals surface area contributed by atoms with Gasteiger partial charge in [-0.3, -0.25) is 0 Å². The molecule has 0 bridgehead atoms. The molecule has 1 saturated carbocycles. The smallest absolute Gasteiger partial charge is 0.338 e. The molecule has 144 valence electrons. The van der Waals surface area contributed by atoms with Crippen molar-refractivity contribution in [2.75, 3.05) is 5.32 Å². The minimum atomic E-state index is -0.354. The maximum absolute atomic E-state index is 12.4. The summed E-state index contributed by atoms with van der Waals surface area (Å²) in [6, 6.07) is 14.8. The van der Waals surface area contributed by atoms with E-state index in [1.54, 1.807) is 30.3 Å². The van der Waals surface area contributed by atoms with Crippen LogP contribution in [0.5, 0.6) is 0 Å². The van der Waals surface area contributed by atoms with Crippen molar-refractivity contribution in [2.24, 2.45) is 5.92 Å². The number of hydrogen-bond acceptors (Lipinski definition) is 5. The van der Waals surface area contributed by atoms with E-state index in [-0.39, 0.29) is 24.0 Å². The number of rotatable bonds is 6. The minimum absolute atomic E-state index is 0.0322. The van der Waals surface area contributed by atoms with Crippen LogP contribution in [0.2, 0.25) is 0 Å². The van der Waals surface area contributed by atoms with Crippen LogP contribution in [0.25, 0.3) is 0 Å². The fourth-order valence-electron chi connectivity index (χ4n) is 3.86. The van der Waals surface area contributed by atoms with Gasteiger partial charge in [-0.15, -0.1) is 0 Å². The van der Waals surface area contributed by atoms with Gasteiger partial charge in [-0.05, 0) is 62.1 Å². The molecule has 1 aliphatic carbocycles. The van der Waals surface area contributed by atoms with Gasteiger partial charge >= 0.3 is 5.97 Å². The molecule has 2 aromatic rings. The van der Waals surface area contributed by atoms with Crippen LogP contribution >= 0.6 is 0 Å². The lowest BCUT2D eigenvalue weighted by Gasteiger charge is -2.26. The molecule has 1 fully saturated rings. The van der Waals surface area contributed by atoms with E-state index < -0.39 is 0 Å². The second-order valence-corrected chi connectivity index (χ2v) is 7.23. The number of esters is 1. The average molecular weight is 376 g/mol. The Morgan fingerprint density at radius 2 is 1.93 bits per heavy atom.